The molecule has 0 aliphatic rings. The molecule has 0 aliphatic carbocycles. The fourth-order valence-corrected chi connectivity index (χ4v) is 1.64. The second-order valence-electron chi connectivity index (χ2n) is 4.13. The van der Waals surface area contributed by atoms with Crippen LogP contribution >= 0.6 is 0 Å². The van der Waals surface area contributed by atoms with Gasteiger partial charge >= 0.3 is 5.97 Å². The Morgan fingerprint density at radius 2 is 1.94 bits per heavy atom. The van der Waals surface area contributed by atoms with Gasteiger partial charge in [0.05, 0.1) is 6.61 Å². The first-order valence-corrected chi connectivity index (χ1v) is 5.76. The van der Waals surface area contributed by atoms with E-state index in [1.165, 1.54) is 0 Å². The summed E-state index contributed by atoms with van der Waals surface area (Å²) in [5, 5.41) is 0. The molecule has 1 rings (SSSR count). The quantitative estimate of drug-likeness (QED) is 0.580. The predicted octanol–water partition coefficient (Wildman–Crippen LogP) is 2.37. The summed E-state index contributed by atoms with van der Waals surface area (Å²) in [5.41, 5.74) is 3.18. The van der Waals surface area contributed by atoms with Crippen LogP contribution in [0.2, 0.25) is 0 Å². The van der Waals surface area contributed by atoms with E-state index in [0.717, 1.165) is 16.7 Å². The van der Waals surface area contributed by atoms with E-state index < -0.39 is 5.97 Å². The van der Waals surface area contributed by atoms with Crippen molar-refractivity contribution in [1.29, 1.82) is 0 Å². The van der Waals surface area contributed by atoms with Gasteiger partial charge in [-0.3, -0.25) is 9.59 Å². The molecule has 0 aromatic heterocycles. The minimum absolute atomic E-state index is 0.0999. The number of ketones is 1. The van der Waals surface area contributed by atoms with Crippen LogP contribution in [0.15, 0.2) is 18.2 Å². The van der Waals surface area contributed by atoms with Crippen molar-refractivity contribution < 1.29 is 14.3 Å². The summed E-state index contributed by atoms with van der Waals surface area (Å²) < 4.78 is 4.74. The molecule has 17 heavy (non-hydrogen) atoms. The number of ether oxygens (including phenoxy) is 1. The molecule has 1 aromatic carbocycles. The summed E-state index contributed by atoms with van der Waals surface area (Å²) in [5.74, 6) is -0.542. The number of hydrogen-bond acceptors (Lipinski definition) is 3. The fourth-order valence-electron chi connectivity index (χ4n) is 1.64. The summed E-state index contributed by atoms with van der Waals surface area (Å²) in [6.45, 7) is 5.99. The van der Waals surface area contributed by atoms with Crippen molar-refractivity contribution in [3.8, 4) is 0 Å². The SMILES string of the molecule is CCOC(=O)CC(=O)Cc1cc(C)ccc1C. The maximum absolute atomic E-state index is 11.7. The van der Waals surface area contributed by atoms with E-state index in [-0.39, 0.29) is 12.2 Å². The third kappa shape index (κ3) is 4.39. The topological polar surface area (TPSA) is 43.4 Å². The van der Waals surface area contributed by atoms with Crippen LogP contribution in [-0.2, 0) is 20.7 Å². The summed E-state index contributed by atoms with van der Waals surface area (Å²) in [6.07, 6.45) is 0.160. The van der Waals surface area contributed by atoms with Gasteiger partial charge in [-0.2, -0.15) is 0 Å². The van der Waals surface area contributed by atoms with Gasteiger partial charge in [0.25, 0.3) is 0 Å². The number of carbonyl (C=O) groups is 2. The van der Waals surface area contributed by atoms with E-state index in [9.17, 15) is 9.59 Å². The molecule has 0 saturated heterocycles. The summed E-state index contributed by atoms with van der Waals surface area (Å²) >= 11 is 0. The number of benzene rings is 1. The highest BCUT2D eigenvalue weighted by atomic mass is 16.5. The first kappa shape index (κ1) is 13.4. The van der Waals surface area contributed by atoms with Crippen molar-refractivity contribution in [2.45, 2.75) is 33.6 Å². The first-order valence-electron chi connectivity index (χ1n) is 5.76. The van der Waals surface area contributed by atoms with Gasteiger partial charge in [-0.25, -0.2) is 0 Å². The highest BCUT2D eigenvalue weighted by molar-refractivity contribution is 5.96. The second kappa shape index (κ2) is 6.18. The Kier molecular flexibility index (Phi) is 4.88. The number of Topliss-reactive ketones (excluding diaryl/α,β-unsaturated/α-hetero) is 1. The van der Waals surface area contributed by atoms with E-state index in [2.05, 4.69) is 0 Å². The molecule has 1 aromatic rings. The van der Waals surface area contributed by atoms with Crippen LogP contribution < -0.4 is 0 Å². The van der Waals surface area contributed by atoms with Gasteiger partial charge in [-0.15, -0.1) is 0 Å². The highest BCUT2D eigenvalue weighted by Crippen LogP contribution is 2.12. The lowest BCUT2D eigenvalue weighted by Crippen LogP contribution is -2.13. The lowest BCUT2D eigenvalue weighted by atomic mass is 10.00. The maximum Gasteiger partial charge on any atom is 0.313 e. The Labute approximate surface area is 102 Å². The van der Waals surface area contributed by atoms with Crippen molar-refractivity contribution in [2.24, 2.45) is 0 Å². The van der Waals surface area contributed by atoms with Crippen molar-refractivity contribution in [3.05, 3.63) is 34.9 Å². The summed E-state index contributed by atoms with van der Waals surface area (Å²) in [4.78, 5) is 22.8. The largest absolute Gasteiger partial charge is 0.466 e. The number of carbonyl (C=O) groups excluding carboxylic acids is 2. The van der Waals surface area contributed by atoms with E-state index in [1.54, 1.807) is 6.92 Å². The molecule has 0 heterocycles. The summed E-state index contributed by atoms with van der Waals surface area (Å²) in [7, 11) is 0. The highest BCUT2D eigenvalue weighted by Gasteiger charge is 2.12. The Morgan fingerprint density at radius 3 is 2.59 bits per heavy atom. The number of aryl methyl sites for hydroxylation is 2. The third-order valence-corrected chi connectivity index (χ3v) is 2.54. The average Bonchev–Trinajstić information content (AvgIpc) is 2.23. The van der Waals surface area contributed by atoms with Crippen molar-refractivity contribution >= 4 is 11.8 Å². The van der Waals surface area contributed by atoms with E-state index in [4.69, 9.17) is 4.74 Å². The van der Waals surface area contributed by atoms with Gasteiger partial charge in [0, 0.05) is 6.42 Å². The first-order chi connectivity index (χ1) is 8.02. The lowest BCUT2D eigenvalue weighted by molar-refractivity contribution is -0.145. The average molecular weight is 234 g/mol. The number of rotatable bonds is 5. The minimum Gasteiger partial charge on any atom is -0.466 e. The van der Waals surface area contributed by atoms with Crippen LogP contribution in [0.4, 0.5) is 0 Å². The molecular formula is C14H18O3. The molecule has 0 radical (unpaired) electrons. The van der Waals surface area contributed by atoms with Gasteiger partial charge in [0.2, 0.25) is 0 Å². The molecular weight excluding hydrogens is 216 g/mol. The van der Waals surface area contributed by atoms with Crippen LogP contribution in [0, 0.1) is 13.8 Å². The van der Waals surface area contributed by atoms with Crippen molar-refractivity contribution in [2.75, 3.05) is 6.61 Å². The molecule has 0 bridgehead atoms. The molecule has 0 atom stereocenters. The number of esters is 1. The van der Waals surface area contributed by atoms with Crippen molar-refractivity contribution in [3.63, 3.8) is 0 Å². The van der Waals surface area contributed by atoms with E-state index >= 15 is 0 Å². The lowest BCUT2D eigenvalue weighted by Gasteiger charge is -2.06. The third-order valence-electron chi connectivity index (χ3n) is 2.54. The molecule has 0 amide bonds. The summed E-state index contributed by atoms with van der Waals surface area (Å²) in [6, 6.07) is 5.98. The van der Waals surface area contributed by atoms with Crippen LogP contribution in [-0.4, -0.2) is 18.4 Å². The normalized spacial score (nSPS) is 10.1. The van der Waals surface area contributed by atoms with Crippen LogP contribution in [0.25, 0.3) is 0 Å². The van der Waals surface area contributed by atoms with Gasteiger partial charge in [0.15, 0.2) is 0 Å². The van der Waals surface area contributed by atoms with Gasteiger partial charge in [0.1, 0.15) is 12.2 Å². The van der Waals surface area contributed by atoms with Gasteiger partial charge < -0.3 is 4.74 Å². The zero-order valence-corrected chi connectivity index (χ0v) is 10.6. The molecule has 92 valence electrons. The number of hydrogen-bond donors (Lipinski definition) is 0. The molecule has 0 aliphatic heterocycles. The van der Waals surface area contributed by atoms with E-state index in [1.807, 2.05) is 32.0 Å². The molecule has 0 N–H and O–H groups in total. The van der Waals surface area contributed by atoms with Crippen LogP contribution in [0.3, 0.4) is 0 Å². The maximum atomic E-state index is 11.7. The Balaban J connectivity index is 2.62. The van der Waals surface area contributed by atoms with Crippen molar-refractivity contribution in [1.82, 2.24) is 0 Å². The Hall–Kier alpha value is -1.64. The zero-order chi connectivity index (χ0) is 12.8. The molecule has 0 spiro atoms. The van der Waals surface area contributed by atoms with Gasteiger partial charge in [-0.05, 0) is 31.9 Å². The second-order valence-corrected chi connectivity index (χ2v) is 4.13. The van der Waals surface area contributed by atoms with Gasteiger partial charge in [-0.1, -0.05) is 23.8 Å². The van der Waals surface area contributed by atoms with Crippen LogP contribution in [0.1, 0.15) is 30.0 Å². The molecule has 0 unspecified atom stereocenters. The Morgan fingerprint density at radius 1 is 1.24 bits per heavy atom. The molecule has 3 heteroatoms. The molecule has 0 fully saturated rings. The minimum atomic E-state index is -0.442. The molecule has 3 nitrogen and oxygen atoms in total. The Bertz CT molecular complexity index is 421. The fraction of sp³-hybridized carbons (Fsp3) is 0.429. The monoisotopic (exact) mass is 234 g/mol. The standard InChI is InChI=1S/C14H18O3/c1-4-17-14(16)9-13(15)8-12-7-10(2)5-6-11(12)3/h5-7H,4,8-9H2,1-3H3. The predicted molar refractivity (Wildman–Crippen MR) is 65.9 cm³/mol. The smallest absolute Gasteiger partial charge is 0.313 e. The zero-order valence-electron chi connectivity index (χ0n) is 10.6. The molecule has 0 saturated carbocycles. The van der Waals surface area contributed by atoms with Crippen LogP contribution in [0.5, 0.6) is 0 Å². The van der Waals surface area contributed by atoms with E-state index in [0.29, 0.717) is 13.0 Å².